The highest BCUT2D eigenvalue weighted by atomic mass is 16.5. The van der Waals surface area contributed by atoms with Gasteiger partial charge < -0.3 is 15.4 Å². The summed E-state index contributed by atoms with van der Waals surface area (Å²) >= 11 is 0. The van der Waals surface area contributed by atoms with Crippen molar-refractivity contribution in [2.24, 2.45) is 0 Å². The predicted molar refractivity (Wildman–Crippen MR) is 74.4 cm³/mol. The second-order valence-corrected chi connectivity index (χ2v) is 5.47. The SMILES string of the molecule is COc1cc(C)c(NC(=O)NC(C)(C)C)cc1C. The van der Waals surface area contributed by atoms with E-state index in [2.05, 4.69) is 10.6 Å². The lowest BCUT2D eigenvalue weighted by molar-refractivity contribution is 0.244. The van der Waals surface area contributed by atoms with Crippen molar-refractivity contribution in [3.05, 3.63) is 23.3 Å². The molecule has 0 aliphatic heterocycles. The van der Waals surface area contributed by atoms with E-state index >= 15 is 0 Å². The minimum absolute atomic E-state index is 0.199. The third kappa shape index (κ3) is 3.95. The van der Waals surface area contributed by atoms with E-state index < -0.39 is 0 Å². The Balaban J connectivity index is 2.86. The number of urea groups is 1. The number of ether oxygens (including phenoxy) is 1. The van der Waals surface area contributed by atoms with Crippen LogP contribution in [0.25, 0.3) is 0 Å². The topological polar surface area (TPSA) is 50.4 Å². The van der Waals surface area contributed by atoms with E-state index in [-0.39, 0.29) is 11.6 Å². The van der Waals surface area contributed by atoms with Gasteiger partial charge in [-0.1, -0.05) is 0 Å². The van der Waals surface area contributed by atoms with Crippen LogP contribution in [-0.4, -0.2) is 18.7 Å². The fourth-order valence-corrected chi connectivity index (χ4v) is 1.64. The maximum atomic E-state index is 11.8. The van der Waals surface area contributed by atoms with Crippen molar-refractivity contribution in [2.45, 2.75) is 40.2 Å². The normalized spacial score (nSPS) is 11.0. The van der Waals surface area contributed by atoms with Gasteiger partial charge in [0.15, 0.2) is 0 Å². The summed E-state index contributed by atoms with van der Waals surface area (Å²) in [5.74, 6) is 0.828. The molecule has 1 aromatic carbocycles. The molecule has 4 nitrogen and oxygen atoms in total. The highest BCUT2D eigenvalue weighted by Crippen LogP contribution is 2.25. The minimum Gasteiger partial charge on any atom is -0.496 e. The van der Waals surface area contributed by atoms with Crippen LogP contribution in [0, 0.1) is 13.8 Å². The first-order chi connectivity index (χ1) is 8.23. The predicted octanol–water partition coefficient (Wildman–Crippen LogP) is 3.23. The van der Waals surface area contributed by atoms with Crippen molar-refractivity contribution >= 4 is 11.7 Å². The van der Waals surface area contributed by atoms with Gasteiger partial charge in [-0.2, -0.15) is 0 Å². The van der Waals surface area contributed by atoms with E-state index in [4.69, 9.17) is 4.74 Å². The maximum absolute atomic E-state index is 11.8. The van der Waals surface area contributed by atoms with E-state index in [1.807, 2.05) is 46.8 Å². The number of carbonyl (C=O) groups excluding carboxylic acids is 1. The van der Waals surface area contributed by atoms with Crippen LogP contribution in [0.15, 0.2) is 12.1 Å². The van der Waals surface area contributed by atoms with E-state index in [0.29, 0.717) is 0 Å². The molecule has 0 aliphatic carbocycles. The van der Waals surface area contributed by atoms with Crippen LogP contribution in [0.2, 0.25) is 0 Å². The van der Waals surface area contributed by atoms with Gasteiger partial charge in [0.25, 0.3) is 0 Å². The van der Waals surface area contributed by atoms with Gasteiger partial charge >= 0.3 is 6.03 Å². The molecule has 2 amide bonds. The molecule has 0 bridgehead atoms. The second kappa shape index (κ2) is 5.29. The van der Waals surface area contributed by atoms with Crippen molar-refractivity contribution < 1.29 is 9.53 Å². The van der Waals surface area contributed by atoms with Crippen LogP contribution in [0.4, 0.5) is 10.5 Å². The number of methoxy groups -OCH3 is 1. The molecule has 1 rings (SSSR count). The van der Waals surface area contributed by atoms with Crippen LogP contribution in [0.5, 0.6) is 5.75 Å². The van der Waals surface area contributed by atoms with Crippen molar-refractivity contribution in [3.63, 3.8) is 0 Å². The summed E-state index contributed by atoms with van der Waals surface area (Å²) in [5, 5.41) is 5.71. The van der Waals surface area contributed by atoms with Gasteiger partial charge in [0.1, 0.15) is 5.75 Å². The lowest BCUT2D eigenvalue weighted by Crippen LogP contribution is -2.43. The van der Waals surface area contributed by atoms with Gasteiger partial charge in [-0.3, -0.25) is 0 Å². The Bertz CT molecular complexity index is 448. The van der Waals surface area contributed by atoms with Crippen molar-refractivity contribution in [1.82, 2.24) is 5.32 Å². The Hall–Kier alpha value is -1.71. The summed E-state index contributed by atoms with van der Waals surface area (Å²) in [5.41, 5.74) is 2.52. The number of benzene rings is 1. The lowest BCUT2D eigenvalue weighted by atomic mass is 10.1. The minimum atomic E-state index is -0.250. The Morgan fingerprint density at radius 2 is 1.78 bits per heavy atom. The number of amides is 2. The second-order valence-electron chi connectivity index (χ2n) is 5.47. The number of hydrogen-bond acceptors (Lipinski definition) is 2. The van der Waals surface area contributed by atoms with Crippen LogP contribution >= 0.6 is 0 Å². The number of carbonyl (C=O) groups is 1. The third-order valence-corrected chi connectivity index (χ3v) is 2.48. The van der Waals surface area contributed by atoms with Crippen LogP contribution in [0.3, 0.4) is 0 Å². The van der Waals surface area contributed by atoms with Gasteiger partial charge in [-0.05, 0) is 57.9 Å². The maximum Gasteiger partial charge on any atom is 0.319 e. The first-order valence-electron chi connectivity index (χ1n) is 5.97. The van der Waals surface area contributed by atoms with E-state index in [0.717, 1.165) is 22.6 Å². The van der Waals surface area contributed by atoms with Crippen molar-refractivity contribution in [3.8, 4) is 5.75 Å². The zero-order valence-electron chi connectivity index (χ0n) is 12.0. The first-order valence-corrected chi connectivity index (χ1v) is 5.97. The summed E-state index contributed by atoms with van der Waals surface area (Å²) in [4.78, 5) is 11.8. The molecule has 0 spiro atoms. The molecule has 0 aromatic heterocycles. The molecule has 0 heterocycles. The highest BCUT2D eigenvalue weighted by molar-refractivity contribution is 5.90. The number of nitrogens with one attached hydrogen (secondary N) is 2. The van der Waals surface area contributed by atoms with E-state index in [1.54, 1.807) is 7.11 Å². The molecular weight excluding hydrogens is 228 g/mol. The molecule has 0 fully saturated rings. The molecule has 4 heteroatoms. The summed E-state index contributed by atoms with van der Waals surface area (Å²) in [6.07, 6.45) is 0. The molecule has 0 aliphatic rings. The van der Waals surface area contributed by atoms with Gasteiger partial charge in [0.05, 0.1) is 7.11 Å². The molecule has 0 saturated heterocycles. The number of hydrogen-bond donors (Lipinski definition) is 2. The molecule has 100 valence electrons. The monoisotopic (exact) mass is 250 g/mol. The fourth-order valence-electron chi connectivity index (χ4n) is 1.64. The zero-order valence-corrected chi connectivity index (χ0v) is 12.0. The quantitative estimate of drug-likeness (QED) is 0.846. The fraction of sp³-hybridized carbons (Fsp3) is 0.500. The van der Waals surface area contributed by atoms with E-state index in [9.17, 15) is 4.79 Å². The zero-order chi connectivity index (χ0) is 13.9. The first kappa shape index (κ1) is 14.4. The Morgan fingerprint density at radius 3 is 2.28 bits per heavy atom. The van der Waals surface area contributed by atoms with Crippen LogP contribution in [0.1, 0.15) is 31.9 Å². The lowest BCUT2D eigenvalue weighted by Gasteiger charge is -2.21. The summed E-state index contributed by atoms with van der Waals surface area (Å²) in [7, 11) is 1.64. The van der Waals surface area contributed by atoms with Gasteiger partial charge in [0, 0.05) is 11.2 Å². The van der Waals surface area contributed by atoms with Crippen LogP contribution in [-0.2, 0) is 0 Å². The molecule has 0 radical (unpaired) electrons. The number of anilines is 1. The molecule has 0 unspecified atom stereocenters. The number of aryl methyl sites for hydroxylation is 2. The smallest absolute Gasteiger partial charge is 0.319 e. The summed E-state index contributed by atoms with van der Waals surface area (Å²) in [6.45, 7) is 9.72. The molecule has 2 N–H and O–H groups in total. The Labute approximate surface area is 109 Å². The van der Waals surface area contributed by atoms with Crippen molar-refractivity contribution in [1.29, 1.82) is 0 Å². The summed E-state index contributed by atoms with van der Waals surface area (Å²) < 4.78 is 5.24. The highest BCUT2D eigenvalue weighted by Gasteiger charge is 2.14. The summed E-state index contributed by atoms with van der Waals surface area (Å²) in [6, 6.07) is 3.63. The van der Waals surface area contributed by atoms with Crippen molar-refractivity contribution in [2.75, 3.05) is 12.4 Å². The van der Waals surface area contributed by atoms with Gasteiger partial charge in [-0.15, -0.1) is 0 Å². The molecule has 0 atom stereocenters. The average molecular weight is 250 g/mol. The number of rotatable bonds is 2. The van der Waals surface area contributed by atoms with Gasteiger partial charge in [-0.25, -0.2) is 4.79 Å². The van der Waals surface area contributed by atoms with Crippen LogP contribution < -0.4 is 15.4 Å². The Morgan fingerprint density at radius 1 is 1.17 bits per heavy atom. The molecule has 18 heavy (non-hydrogen) atoms. The standard InChI is InChI=1S/C14H22N2O2/c1-9-8-12(18-6)10(2)7-11(9)15-13(17)16-14(3,4)5/h7-8H,1-6H3,(H2,15,16,17). The molecule has 0 saturated carbocycles. The average Bonchev–Trinajstić information content (AvgIpc) is 2.20. The Kier molecular flexibility index (Phi) is 4.22. The third-order valence-electron chi connectivity index (χ3n) is 2.48. The molecule has 1 aromatic rings. The largest absolute Gasteiger partial charge is 0.496 e. The van der Waals surface area contributed by atoms with E-state index in [1.165, 1.54) is 0 Å². The molecular formula is C14H22N2O2. The van der Waals surface area contributed by atoms with Gasteiger partial charge in [0.2, 0.25) is 0 Å².